The number of rotatable bonds is 6. The van der Waals surface area contributed by atoms with Crippen LogP contribution in [-0.2, 0) is 6.42 Å². The summed E-state index contributed by atoms with van der Waals surface area (Å²) in [5, 5.41) is 0. The molecule has 1 heterocycles. The smallest absolute Gasteiger partial charge is 0.163 e. The average molecular weight is 315 g/mol. The predicted octanol–water partition coefficient (Wildman–Crippen LogP) is 3.71. The molecule has 0 unspecified atom stereocenters. The second-order valence-corrected chi connectivity index (χ2v) is 6.10. The quantitative estimate of drug-likeness (QED) is 0.757. The van der Waals surface area contributed by atoms with E-state index in [1.165, 1.54) is 12.1 Å². The Morgan fingerprint density at radius 3 is 2.52 bits per heavy atom. The highest BCUT2D eigenvalue weighted by molar-refractivity contribution is 5.96. The van der Waals surface area contributed by atoms with Crippen molar-refractivity contribution in [2.45, 2.75) is 12.8 Å². The third kappa shape index (κ3) is 4.02. The molecule has 23 heavy (non-hydrogen) atoms. The normalized spacial score (nSPS) is 15.4. The Labute approximate surface area is 134 Å². The van der Waals surface area contributed by atoms with Gasteiger partial charge in [0.2, 0.25) is 0 Å². The first-order chi connectivity index (χ1) is 11.1. The van der Waals surface area contributed by atoms with E-state index in [1.54, 1.807) is 0 Å². The number of halogens is 2. The summed E-state index contributed by atoms with van der Waals surface area (Å²) in [6, 6.07) is 13.0. The van der Waals surface area contributed by atoms with Crippen molar-refractivity contribution in [3.8, 4) is 0 Å². The highest BCUT2D eigenvalue weighted by Crippen LogP contribution is 2.22. The fourth-order valence-electron chi connectivity index (χ4n) is 3.00. The van der Waals surface area contributed by atoms with Crippen LogP contribution in [0.4, 0.5) is 8.78 Å². The van der Waals surface area contributed by atoms with E-state index in [2.05, 4.69) is 4.90 Å². The summed E-state index contributed by atoms with van der Waals surface area (Å²) in [4.78, 5) is 14.3. The Kier molecular flexibility index (Phi) is 4.82. The van der Waals surface area contributed by atoms with Crippen molar-refractivity contribution < 1.29 is 13.6 Å². The summed E-state index contributed by atoms with van der Waals surface area (Å²) < 4.78 is 26.4. The number of hydrogen-bond acceptors (Lipinski definition) is 2. The summed E-state index contributed by atoms with van der Waals surface area (Å²) in [6.45, 7) is 2.46. The fraction of sp³-hybridized carbons (Fsp3) is 0.316. The molecule has 120 valence electrons. The first-order valence-corrected chi connectivity index (χ1v) is 7.86. The fourth-order valence-corrected chi connectivity index (χ4v) is 3.00. The standard InChI is InChI=1S/C19H19F2NO/c20-17-7-6-15(18(21)11-17)8-9-22-12-14(13-22)10-19(23)16-4-2-1-3-5-16/h1-7,11,14H,8-10,12-13H2. The minimum atomic E-state index is -0.547. The van der Waals surface area contributed by atoms with E-state index in [1.807, 2.05) is 30.3 Å². The zero-order chi connectivity index (χ0) is 16.2. The Bertz CT molecular complexity index is 681. The maximum atomic E-state index is 13.6. The van der Waals surface area contributed by atoms with Gasteiger partial charge in [-0.25, -0.2) is 8.78 Å². The predicted molar refractivity (Wildman–Crippen MR) is 85.4 cm³/mol. The largest absolute Gasteiger partial charge is 0.302 e. The molecule has 1 aliphatic heterocycles. The zero-order valence-corrected chi connectivity index (χ0v) is 12.8. The first-order valence-electron chi connectivity index (χ1n) is 7.86. The van der Waals surface area contributed by atoms with E-state index in [9.17, 15) is 13.6 Å². The van der Waals surface area contributed by atoms with Crippen LogP contribution >= 0.6 is 0 Å². The zero-order valence-electron chi connectivity index (χ0n) is 12.8. The van der Waals surface area contributed by atoms with Gasteiger partial charge in [-0.05, 0) is 24.0 Å². The molecule has 1 saturated heterocycles. The molecule has 0 aliphatic carbocycles. The lowest BCUT2D eigenvalue weighted by Crippen LogP contribution is -2.48. The van der Waals surface area contributed by atoms with Gasteiger partial charge in [0.15, 0.2) is 5.78 Å². The van der Waals surface area contributed by atoms with Crippen LogP contribution in [0.5, 0.6) is 0 Å². The number of nitrogens with zero attached hydrogens (tertiary/aromatic N) is 1. The van der Waals surface area contributed by atoms with Crippen molar-refractivity contribution in [1.29, 1.82) is 0 Å². The molecule has 4 heteroatoms. The Hall–Kier alpha value is -2.07. The first kappa shape index (κ1) is 15.8. The maximum Gasteiger partial charge on any atom is 0.163 e. The molecule has 2 aromatic rings. The van der Waals surface area contributed by atoms with Crippen LogP contribution in [0.3, 0.4) is 0 Å². The van der Waals surface area contributed by atoms with E-state index in [-0.39, 0.29) is 5.78 Å². The molecule has 0 bridgehead atoms. The molecular formula is C19H19F2NO. The minimum Gasteiger partial charge on any atom is -0.302 e. The Morgan fingerprint density at radius 2 is 1.83 bits per heavy atom. The van der Waals surface area contributed by atoms with Crippen molar-refractivity contribution in [3.63, 3.8) is 0 Å². The Balaban J connectivity index is 1.42. The second kappa shape index (κ2) is 7.01. The molecule has 0 aromatic heterocycles. The second-order valence-electron chi connectivity index (χ2n) is 6.10. The van der Waals surface area contributed by atoms with Gasteiger partial charge in [-0.1, -0.05) is 36.4 Å². The number of hydrogen-bond donors (Lipinski definition) is 0. The molecule has 0 saturated carbocycles. The third-order valence-corrected chi connectivity index (χ3v) is 4.32. The average Bonchev–Trinajstić information content (AvgIpc) is 2.51. The maximum absolute atomic E-state index is 13.6. The summed E-state index contributed by atoms with van der Waals surface area (Å²) in [5.41, 5.74) is 1.30. The van der Waals surface area contributed by atoms with Crippen molar-refractivity contribution in [3.05, 3.63) is 71.3 Å². The molecule has 1 aliphatic rings. The third-order valence-electron chi connectivity index (χ3n) is 4.32. The van der Waals surface area contributed by atoms with E-state index < -0.39 is 11.6 Å². The van der Waals surface area contributed by atoms with Crippen LogP contribution in [0.2, 0.25) is 0 Å². The van der Waals surface area contributed by atoms with Gasteiger partial charge < -0.3 is 4.90 Å². The van der Waals surface area contributed by atoms with Gasteiger partial charge in [0.05, 0.1) is 0 Å². The molecule has 0 atom stereocenters. The van der Waals surface area contributed by atoms with E-state index in [4.69, 9.17) is 0 Å². The van der Waals surface area contributed by atoms with Crippen LogP contribution in [0, 0.1) is 17.6 Å². The van der Waals surface area contributed by atoms with Gasteiger partial charge in [0.1, 0.15) is 11.6 Å². The lowest BCUT2D eigenvalue weighted by Gasteiger charge is -2.39. The molecule has 0 radical (unpaired) electrons. The summed E-state index contributed by atoms with van der Waals surface area (Å²) >= 11 is 0. The van der Waals surface area contributed by atoms with Crippen LogP contribution < -0.4 is 0 Å². The van der Waals surface area contributed by atoms with Crippen LogP contribution in [0.15, 0.2) is 48.5 Å². The van der Waals surface area contributed by atoms with Gasteiger partial charge in [-0.15, -0.1) is 0 Å². The highest BCUT2D eigenvalue weighted by atomic mass is 19.1. The van der Waals surface area contributed by atoms with Crippen LogP contribution in [0.1, 0.15) is 22.3 Å². The van der Waals surface area contributed by atoms with E-state index in [0.29, 0.717) is 24.3 Å². The van der Waals surface area contributed by atoms with Crippen molar-refractivity contribution in [2.75, 3.05) is 19.6 Å². The molecule has 0 spiro atoms. The molecular weight excluding hydrogens is 296 g/mol. The lowest BCUT2D eigenvalue weighted by atomic mass is 9.91. The van der Waals surface area contributed by atoms with Gasteiger partial charge in [0, 0.05) is 37.7 Å². The minimum absolute atomic E-state index is 0.180. The summed E-state index contributed by atoms with van der Waals surface area (Å²) in [5.74, 6) is -0.475. The van der Waals surface area contributed by atoms with Gasteiger partial charge in [0.25, 0.3) is 0 Å². The highest BCUT2D eigenvalue weighted by Gasteiger charge is 2.28. The molecule has 2 aromatic carbocycles. The van der Waals surface area contributed by atoms with E-state index >= 15 is 0 Å². The van der Waals surface area contributed by atoms with E-state index in [0.717, 1.165) is 31.3 Å². The Morgan fingerprint density at radius 1 is 1.09 bits per heavy atom. The molecule has 2 nitrogen and oxygen atoms in total. The van der Waals surface area contributed by atoms with Crippen molar-refractivity contribution in [1.82, 2.24) is 4.90 Å². The van der Waals surface area contributed by atoms with Gasteiger partial charge in [-0.2, -0.15) is 0 Å². The topological polar surface area (TPSA) is 20.3 Å². The molecule has 3 rings (SSSR count). The molecule has 0 N–H and O–H groups in total. The molecule has 1 fully saturated rings. The number of Topliss-reactive ketones (excluding diaryl/α,β-unsaturated/α-hetero) is 1. The van der Waals surface area contributed by atoms with Crippen molar-refractivity contribution >= 4 is 5.78 Å². The van der Waals surface area contributed by atoms with Crippen LogP contribution in [-0.4, -0.2) is 30.3 Å². The number of likely N-dealkylation sites (tertiary alicyclic amines) is 1. The number of carbonyl (C=O) groups excluding carboxylic acids is 1. The molecule has 0 amide bonds. The van der Waals surface area contributed by atoms with Crippen LogP contribution in [0.25, 0.3) is 0 Å². The van der Waals surface area contributed by atoms with Gasteiger partial charge in [-0.3, -0.25) is 4.79 Å². The number of carbonyl (C=O) groups is 1. The van der Waals surface area contributed by atoms with Gasteiger partial charge >= 0.3 is 0 Å². The lowest BCUT2D eigenvalue weighted by molar-refractivity contribution is 0.0747. The van der Waals surface area contributed by atoms with Crippen molar-refractivity contribution in [2.24, 2.45) is 5.92 Å². The summed E-state index contributed by atoms with van der Waals surface area (Å²) in [7, 11) is 0. The number of benzene rings is 2. The number of ketones is 1. The summed E-state index contributed by atoms with van der Waals surface area (Å²) in [6.07, 6.45) is 1.12. The monoisotopic (exact) mass is 315 g/mol. The SMILES string of the molecule is O=C(CC1CN(CCc2ccc(F)cc2F)C1)c1ccccc1.